The average molecular weight is 579 g/mol. The molecule has 0 saturated carbocycles. The van der Waals surface area contributed by atoms with E-state index in [9.17, 15) is 39.6 Å². The average Bonchev–Trinajstić information content (AvgIpc) is 2.81. The number of halogens is 6. The topological polar surface area (TPSA) is 75.7 Å². The first kappa shape index (κ1) is 29.3. The van der Waals surface area contributed by atoms with E-state index in [4.69, 9.17) is 4.74 Å². The van der Waals surface area contributed by atoms with Crippen molar-refractivity contribution >= 4 is 15.7 Å². The van der Waals surface area contributed by atoms with Gasteiger partial charge in [-0.05, 0) is 49.1 Å². The largest absolute Gasteiger partial charge is 0.416 e. The third-order valence-corrected chi connectivity index (χ3v) is 8.43. The molecule has 0 aromatic heterocycles. The van der Waals surface area contributed by atoms with Crippen LogP contribution in [0.25, 0.3) is 0 Å². The summed E-state index contributed by atoms with van der Waals surface area (Å²) in [6.07, 6.45) is -9.45. The van der Waals surface area contributed by atoms with Gasteiger partial charge >= 0.3 is 12.4 Å². The SMILES string of the molecule is C[C@@H](OC[C@@]1(c2ccccc2)CC[C@]2(CS(C)(=O)=O)CN1CC(=O)N2)c1cc(C(F)(F)F)cc(C(F)(F)F)c1. The van der Waals surface area contributed by atoms with Gasteiger partial charge in [0.25, 0.3) is 0 Å². The van der Waals surface area contributed by atoms with E-state index in [1.165, 1.54) is 6.92 Å². The second-order valence-corrected chi connectivity index (χ2v) is 12.6. The Morgan fingerprint density at radius 3 is 2.13 bits per heavy atom. The lowest BCUT2D eigenvalue weighted by Crippen LogP contribution is -2.73. The lowest BCUT2D eigenvalue weighted by Gasteiger charge is -2.57. The lowest BCUT2D eigenvalue weighted by molar-refractivity contribution is -0.143. The molecule has 39 heavy (non-hydrogen) atoms. The number of nitrogens with zero attached hydrogens (tertiary/aromatic N) is 1. The zero-order valence-electron chi connectivity index (χ0n) is 21.2. The van der Waals surface area contributed by atoms with Crippen LogP contribution in [0.5, 0.6) is 0 Å². The van der Waals surface area contributed by atoms with Crippen molar-refractivity contribution in [1.29, 1.82) is 0 Å². The number of piperazine rings is 1. The molecule has 13 heteroatoms. The first-order valence-electron chi connectivity index (χ1n) is 12.1. The quantitative estimate of drug-likeness (QED) is 0.482. The Hall–Kier alpha value is -2.64. The maximum atomic E-state index is 13.4. The van der Waals surface area contributed by atoms with Crippen molar-refractivity contribution in [1.82, 2.24) is 10.2 Å². The van der Waals surface area contributed by atoms with Gasteiger partial charge in [-0.3, -0.25) is 9.69 Å². The number of piperidine rings is 1. The van der Waals surface area contributed by atoms with Crippen LogP contribution in [0.3, 0.4) is 0 Å². The molecule has 1 amide bonds. The van der Waals surface area contributed by atoms with Crippen LogP contribution in [0.4, 0.5) is 26.3 Å². The van der Waals surface area contributed by atoms with E-state index in [0.717, 1.165) is 11.8 Å². The Morgan fingerprint density at radius 1 is 1.00 bits per heavy atom. The summed E-state index contributed by atoms with van der Waals surface area (Å²) >= 11 is 0. The zero-order chi connectivity index (χ0) is 28.9. The van der Waals surface area contributed by atoms with Crippen molar-refractivity contribution in [3.63, 3.8) is 0 Å². The molecule has 4 atom stereocenters. The van der Waals surface area contributed by atoms with Gasteiger partial charge < -0.3 is 10.1 Å². The minimum absolute atomic E-state index is 0.0660. The Morgan fingerprint density at radius 2 is 1.59 bits per heavy atom. The van der Waals surface area contributed by atoms with Crippen LogP contribution in [0.2, 0.25) is 0 Å². The molecule has 0 spiro atoms. The van der Waals surface area contributed by atoms with Crippen LogP contribution in [0.1, 0.15) is 48.1 Å². The second kappa shape index (κ2) is 10.1. The minimum atomic E-state index is -4.99. The van der Waals surface area contributed by atoms with Gasteiger partial charge in [0, 0.05) is 12.8 Å². The number of carbonyl (C=O) groups is 1. The molecule has 1 unspecified atom stereocenters. The molecule has 0 aliphatic carbocycles. The summed E-state index contributed by atoms with van der Waals surface area (Å²) < 4.78 is 111. The first-order valence-corrected chi connectivity index (χ1v) is 14.2. The number of fused-ring (bicyclic) bond motifs is 2. The molecular formula is C26H28F6N2O4S. The molecule has 2 saturated heterocycles. The Balaban J connectivity index is 1.68. The predicted molar refractivity (Wildman–Crippen MR) is 130 cm³/mol. The van der Waals surface area contributed by atoms with Crippen LogP contribution in [-0.2, 0) is 37.3 Å². The molecule has 214 valence electrons. The molecule has 2 aromatic rings. The fourth-order valence-electron chi connectivity index (χ4n) is 5.57. The van der Waals surface area contributed by atoms with Gasteiger partial charge in [-0.15, -0.1) is 0 Å². The molecule has 1 N–H and O–H groups in total. The van der Waals surface area contributed by atoms with Crippen molar-refractivity contribution in [3.8, 4) is 0 Å². The molecule has 2 aromatic carbocycles. The summed E-state index contributed by atoms with van der Waals surface area (Å²) in [6, 6.07) is 10.3. The molecule has 2 aliphatic rings. The summed E-state index contributed by atoms with van der Waals surface area (Å²) in [5, 5.41) is 2.82. The maximum absolute atomic E-state index is 13.4. The summed E-state index contributed by atoms with van der Waals surface area (Å²) in [5.41, 5.74) is -4.41. The molecule has 0 radical (unpaired) electrons. The highest BCUT2D eigenvalue weighted by Crippen LogP contribution is 2.44. The minimum Gasteiger partial charge on any atom is -0.372 e. The van der Waals surface area contributed by atoms with Crippen molar-refractivity contribution in [3.05, 3.63) is 70.8 Å². The number of hydrogen-bond donors (Lipinski definition) is 1. The summed E-state index contributed by atoms with van der Waals surface area (Å²) in [5.74, 6) is -0.653. The van der Waals surface area contributed by atoms with Gasteiger partial charge in [0.15, 0.2) is 0 Å². The number of carbonyl (C=O) groups excluding carboxylic acids is 1. The summed E-state index contributed by atoms with van der Waals surface area (Å²) in [4.78, 5) is 14.5. The molecule has 2 heterocycles. The Bertz CT molecular complexity index is 1300. The normalized spacial score (nSPS) is 26.7. The lowest BCUT2D eigenvalue weighted by atomic mass is 9.74. The molecular weight excluding hydrogens is 550 g/mol. The van der Waals surface area contributed by atoms with Gasteiger partial charge in [0.2, 0.25) is 5.91 Å². The fourth-order valence-corrected chi connectivity index (χ4v) is 6.88. The number of hydrogen-bond acceptors (Lipinski definition) is 5. The zero-order valence-corrected chi connectivity index (χ0v) is 22.0. The van der Waals surface area contributed by atoms with Crippen LogP contribution < -0.4 is 5.32 Å². The summed E-state index contributed by atoms with van der Waals surface area (Å²) in [7, 11) is -3.46. The predicted octanol–water partition coefficient (Wildman–Crippen LogP) is 4.71. The number of rotatable bonds is 7. The third kappa shape index (κ3) is 6.41. The standard InChI is InChI=1S/C26H28F6N2O4S/c1-17(18-10-20(25(27,28)29)12-21(11-18)26(30,31)32)38-15-24(19-6-4-3-5-7-19)9-8-23(16-39(2,36)37)14-34(24)13-22(35)33-23/h3-7,10-12,17H,8-9,13-16H2,1-2H3,(H,33,35)/t17-,23-,24-/m1/s1. The smallest absolute Gasteiger partial charge is 0.372 e. The van der Waals surface area contributed by atoms with E-state index < -0.39 is 50.5 Å². The number of benzene rings is 2. The Labute approximate surface area is 222 Å². The number of amides is 1. The van der Waals surface area contributed by atoms with Gasteiger partial charge in [0.1, 0.15) is 9.84 Å². The molecule has 2 aliphatic heterocycles. The number of nitrogens with one attached hydrogen (secondary N) is 1. The van der Waals surface area contributed by atoms with E-state index in [1.54, 1.807) is 35.2 Å². The molecule has 2 bridgehead atoms. The van der Waals surface area contributed by atoms with Gasteiger partial charge in [-0.2, -0.15) is 26.3 Å². The highest BCUT2D eigenvalue weighted by atomic mass is 32.2. The van der Waals surface area contributed by atoms with E-state index in [2.05, 4.69) is 5.32 Å². The van der Waals surface area contributed by atoms with E-state index in [0.29, 0.717) is 18.6 Å². The third-order valence-electron chi connectivity index (χ3n) is 7.36. The number of alkyl halides is 6. The molecule has 6 nitrogen and oxygen atoms in total. The number of ether oxygens (including phenoxy) is 1. The van der Waals surface area contributed by atoms with Gasteiger partial charge in [-0.1, -0.05) is 30.3 Å². The van der Waals surface area contributed by atoms with Gasteiger partial charge in [-0.25, -0.2) is 8.42 Å². The van der Waals surface area contributed by atoms with E-state index in [-0.39, 0.29) is 49.4 Å². The van der Waals surface area contributed by atoms with Gasteiger partial charge in [0.05, 0.1) is 47.2 Å². The van der Waals surface area contributed by atoms with Crippen molar-refractivity contribution in [2.75, 3.05) is 31.7 Å². The van der Waals surface area contributed by atoms with E-state index in [1.807, 2.05) is 0 Å². The van der Waals surface area contributed by atoms with Crippen LogP contribution in [0.15, 0.2) is 48.5 Å². The van der Waals surface area contributed by atoms with Crippen LogP contribution >= 0.6 is 0 Å². The first-order chi connectivity index (χ1) is 17.9. The monoisotopic (exact) mass is 578 g/mol. The maximum Gasteiger partial charge on any atom is 0.416 e. The molecule has 2 fully saturated rings. The second-order valence-electron chi connectivity index (χ2n) is 10.4. The number of sulfone groups is 1. The summed E-state index contributed by atoms with van der Waals surface area (Å²) in [6.45, 7) is 1.31. The highest BCUT2D eigenvalue weighted by molar-refractivity contribution is 7.90. The van der Waals surface area contributed by atoms with Crippen LogP contribution in [-0.4, -0.2) is 56.5 Å². The van der Waals surface area contributed by atoms with Crippen molar-refractivity contribution in [2.45, 2.75) is 49.3 Å². The van der Waals surface area contributed by atoms with Crippen molar-refractivity contribution in [2.24, 2.45) is 0 Å². The van der Waals surface area contributed by atoms with E-state index >= 15 is 0 Å². The van der Waals surface area contributed by atoms with Crippen LogP contribution in [0, 0.1) is 0 Å². The Kier molecular flexibility index (Phi) is 7.58. The fraction of sp³-hybridized carbons (Fsp3) is 0.500. The highest BCUT2D eigenvalue weighted by Gasteiger charge is 2.54. The van der Waals surface area contributed by atoms with Crippen molar-refractivity contribution < 1.29 is 44.3 Å². The molecule has 4 rings (SSSR count).